The smallest absolute Gasteiger partial charge is 0.142 e. The standard InChI is InChI=1S/C15H24N2O3/c1-11-14(7-8-19-11)17(2)9-12(18)10-20-15-6-4-3-5-13(15)16/h3-6,11-12,14,18H,7-10,16H2,1-2H3. The van der Waals surface area contributed by atoms with Crippen LogP contribution in [0.3, 0.4) is 0 Å². The van der Waals surface area contributed by atoms with Gasteiger partial charge in [-0.25, -0.2) is 0 Å². The molecule has 0 saturated carbocycles. The second-order valence-corrected chi connectivity index (χ2v) is 5.37. The average molecular weight is 280 g/mol. The van der Waals surface area contributed by atoms with E-state index in [2.05, 4.69) is 11.8 Å². The number of aliphatic hydroxyl groups is 1. The first-order valence-electron chi connectivity index (χ1n) is 7.05. The van der Waals surface area contributed by atoms with Crippen LogP contribution in [0, 0.1) is 0 Å². The molecule has 1 aliphatic heterocycles. The van der Waals surface area contributed by atoms with Crippen LogP contribution in [0.1, 0.15) is 13.3 Å². The van der Waals surface area contributed by atoms with E-state index in [0.29, 0.717) is 24.0 Å². The Hall–Kier alpha value is -1.30. The van der Waals surface area contributed by atoms with Crippen molar-refractivity contribution in [2.24, 2.45) is 0 Å². The molecule has 0 amide bonds. The van der Waals surface area contributed by atoms with E-state index in [0.717, 1.165) is 13.0 Å². The number of nitrogens with zero attached hydrogens (tertiary/aromatic N) is 1. The predicted octanol–water partition coefficient (Wildman–Crippen LogP) is 1.12. The van der Waals surface area contributed by atoms with Gasteiger partial charge in [-0.1, -0.05) is 12.1 Å². The van der Waals surface area contributed by atoms with Gasteiger partial charge in [-0.2, -0.15) is 0 Å². The second kappa shape index (κ2) is 6.92. The van der Waals surface area contributed by atoms with E-state index in [4.69, 9.17) is 15.2 Å². The van der Waals surface area contributed by atoms with Crippen molar-refractivity contribution in [1.29, 1.82) is 0 Å². The van der Waals surface area contributed by atoms with Gasteiger partial charge in [0.25, 0.3) is 0 Å². The molecule has 0 radical (unpaired) electrons. The zero-order valence-corrected chi connectivity index (χ0v) is 12.2. The summed E-state index contributed by atoms with van der Waals surface area (Å²) in [5, 5.41) is 10.1. The number of hydrogen-bond donors (Lipinski definition) is 2. The molecule has 5 heteroatoms. The number of ether oxygens (including phenoxy) is 2. The molecule has 0 aromatic heterocycles. The van der Waals surface area contributed by atoms with Gasteiger partial charge in [0.15, 0.2) is 0 Å². The Balaban J connectivity index is 1.78. The molecule has 112 valence electrons. The van der Waals surface area contributed by atoms with E-state index in [1.807, 2.05) is 19.2 Å². The number of para-hydroxylation sites is 2. The molecule has 20 heavy (non-hydrogen) atoms. The highest BCUT2D eigenvalue weighted by atomic mass is 16.5. The Morgan fingerprint density at radius 3 is 2.90 bits per heavy atom. The zero-order chi connectivity index (χ0) is 14.5. The summed E-state index contributed by atoms with van der Waals surface area (Å²) >= 11 is 0. The third-order valence-corrected chi connectivity index (χ3v) is 3.75. The van der Waals surface area contributed by atoms with Crippen molar-refractivity contribution in [1.82, 2.24) is 4.90 Å². The average Bonchev–Trinajstić information content (AvgIpc) is 2.84. The van der Waals surface area contributed by atoms with Gasteiger partial charge in [0.1, 0.15) is 18.5 Å². The van der Waals surface area contributed by atoms with Crippen LogP contribution < -0.4 is 10.5 Å². The van der Waals surface area contributed by atoms with Crippen LogP contribution in [0.15, 0.2) is 24.3 Å². The van der Waals surface area contributed by atoms with Gasteiger partial charge in [-0.3, -0.25) is 4.90 Å². The first-order chi connectivity index (χ1) is 9.58. The summed E-state index contributed by atoms with van der Waals surface area (Å²) in [6.45, 7) is 3.66. The van der Waals surface area contributed by atoms with Crippen LogP contribution >= 0.6 is 0 Å². The quantitative estimate of drug-likeness (QED) is 0.764. The molecule has 2 rings (SSSR count). The summed E-state index contributed by atoms with van der Waals surface area (Å²) in [4.78, 5) is 2.14. The van der Waals surface area contributed by atoms with Gasteiger partial charge in [0, 0.05) is 19.2 Å². The van der Waals surface area contributed by atoms with Crippen molar-refractivity contribution in [2.45, 2.75) is 31.6 Å². The molecule has 5 nitrogen and oxygen atoms in total. The highest BCUT2D eigenvalue weighted by Gasteiger charge is 2.28. The van der Waals surface area contributed by atoms with Crippen LogP contribution in [0.25, 0.3) is 0 Å². The van der Waals surface area contributed by atoms with Crippen molar-refractivity contribution in [3.05, 3.63) is 24.3 Å². The monoisotopic (exact) mass is 280 g/mol. The minimum atomic E-state index is -0.549. The summed E-state index contributed by atoms with van der Waals surface area (Å²) in [6.07, 6.45) is 0.682. The van der Waals surface area contributed by atoms with Crippen LogP contribution in [0.5, 0.6) is 5.75 Å². The van der Waals surface area contributed by atoms with Gasteiger partial charge in [-0.05, 0) is 32.5 Å². The Bertz CT molecular complexity index is 427. The summed E-state index contributed by atoms with van der Waals surface area (Å²) in [7, 11) is 2.01. The first kappa shape index (κ1) is 15.1. The number of benzene rings is 1. The molecule has 1 fully saturated rings. The Labute approximate surface area is 120 Å². The van der Waals surface area contributed by atoms with Crippen LogP contribution in [0.4, 0.5) is 5.69 Å². The van der Waals surface area contributed by atoms with E-state index in [1.54, 1.807) is 12.1 Å². The number of hydrogen-bond acceptors (Lipinski definition) is 5. The Morgan fingerprint density at radius 1 is 1.50 bits per heavy atom. The number of likely N-dealkylation sites (N-methyl/N-ethyl adjacent to an activating group) is 1. The minimum absolute atomic E-state index is 0.220. The molecule has 3 N–H and O–H groups in total. The minimum Gasteiger partial charge on any atom is -0.489 e. The molecule has 1 aromatic carbocycles. The van der Waals surface area contributed by atoms with Crippen molar-refractivity contribution < 1.29 is 14.6 Å². The molecule has 1 saturated heterocycles. The Morgan fingerprint density at radius 2 is 2.25 bits per heavy atom. The lowest BCUT2D eigenvalue weighted by Crippen LogP contribution is -2.42. The van der Waals surface area contributed by atoms with Crippen molar-refractivity contribution in [2.75, 3.05) is 32.5 Å². The molecule has 1 aliphatic rings. The summed E-state index contributed by atoms with van der Waals surface area (Å²) < 4.78 is 11.1. The predicted molar refractivity (Wildman–Crippen MR) is 78.8 cm³/mol. The van der Waals surface area contributed by atoms with Crippen molar-refractivity contribution in [3.63, 3.8) is 0 Å². The number of nitrogens with two attached hydrogens (primary N) is 1. The maximum absolute atomic E-state index is 10.1. The number of aliphatic hydroxyl groups excluding tert-OH is 1. The molecule has 1 aromatic rings. The fourth-order valence-corrected chi connectivity index (χ4v) is 2.62. The summed E-state index contributed by atoms with van der Waals surface area (Å²) in [6, 6.07) is 7.67. The number of anilines is 1. The SMILES string of the molecule is CC1OCCC1N(C)CC(O)COc1ccccc1N. The fraction of sp³-hybridized carbons (Fsp3) is 0.600. The van der Waals surface area contributed by atoms with E-state index < -0.39 is 6.10 Å². The largest absolute Gasteiger partial charge is 0.489 e. The molecule has 0 aliphatic carbocycles. The third-order valence-electron chi connectivity index (χ3n) is 3.75. The van der Waals surface area contributed by atoms with Gasteiger partial charge in [0.05, 0.1) is 11.8 Å². The van der Waals surface area contributed by atoms with E-state index in [-0.39, 0.29) is 12.7 Å². The van der Waals surface area contributed by atoms with Crippen molar-refractivity contribution >= 4 is 5.69 Å². The van der Waals surface area contributed by atoms with Crippen LogP contribution in [-0.4, -0.2) is 55.1 Å². The fourth-order valence-electron chi connectivity index (χ4n) is 2.62. The van der Waals surface area contributed by atoms with E-state index >= 15 is 0 Å². The number of nitrogen functional groups attached to an aromatic ring is 1. The summed E-state index contributed by atoms with van der Waals surface area (Å²) in [5.74, 6) is 0.617. The lowest BCUT2D eigenvalue weighted by Gasteiger charge is -2.28. The van der Waals surface area contributed by atoms with E-state index in [1.165, 1.54) is 0 Å². The molecule has 0 bridgehead atoms. The molecule has 3 atom stereocenters. The van der Waals surface area contributed by atoms with Gasteiger partial charge in [0.2, 0.25) is 0 Å². The first-order valence-corrected chi connectivity index (χ1v) is 7.05. The highest BCUT2D eigenvalue weighted by Crippen LogP contribution is 2.21. The highest BCUT2D eigenvalue weighted by molar-refractivity contribution is 5.51. The van der Waals surface area contributed by atoms with Crippen LogP contribution in [-0.2, 0) is 4.74 Å². The molecule has 3 unspecified atom stereocenters. The Kier molecular flexibility index (Phi) is 5.23. The topological polar surface area (TPSA) is 68.0 Å². The number of rotatable bonds is 6. The lowest BCUT2D eigenvalue weighted by molar-refractivity contribution is 0.0402. The third kappa shape index (κ3) is 3.85. The lowest BCUT2D eigenvalue weighted by atomic mass is 10.1. The normalized spacial score (nSPS) is 24.0. The van der Waals surface area contributed by atoms with Gasteiger partial charge in [-0.15, -0.1) is 0 Å². The maximum Gasteiger partial charge on any atom is 0.142 e. The summed E-state index contributed by atoms with van der Waals surface area (Å²) in [5.41, 5.74) is 6.38. The van der Waals surface area contributed by atoms with Gasteiger partial charge < -0.3 is 20.3 Å². The van der Waals surface area contributed by atoms with E-state index in [9.17, 15) is 5.11 Å². The van der Waals surface area contributed by atoms with Gasteiger partial charge >= 0.3 is 0 Å². The molecule has 0 spiro atoms. The molecular weight excluding hydrogens is 256 g/mol. The second-order valence-electron chi connectivity index (χ2n) is 5.37. The zero-order valence-electron chi connectivity index (χ0n) is 12.2. The molecular formula is C15H24N2O3. The molecule has 1 heterocycles. The maximum atomic E-state index is 10.1. The van der Waals surface area contributed by atoms with Crippen molar-refractivity contribution in [3.8, 4) is 5.75 Å². The van der Waals surface area contributed by atoms with Crippen LogP contribution in [0.2, 0.25) is 0 Å².